The van der Waals surface area contributed by atoms with Crippen LogP contribution in [0.3, 0.4) is 0 Å². The van der Waals surface area contributed by atoms with E-state index in [0.717, 1.165) is 23.5 Å². The molecule has 2 unspecified atom stereocenters. The number of benzene rings is 1. The van der Waals surface area contributed by atoms with Crippen molar-refractivity contribution in [2.45, 2.75) is 30.6 Å². The van der Waals surface area contributed by atoms with Crippen molar-refractivity contribution in [1.82, 2.24) is 0 Å². The molecule has 0 N–H and O–H groups in total. The molecule has 1 spiro atoms. The van der Waals surface area contributed by atoms with E-state index < -0.39 is 0 Å². The van der Waals surface area contributed by atoms with Gasteiger partial charge in [-0.3, -0.25) is 4.79 Å². The number of hydrogen-bond acceptors (Lipinski definition) is 3. The third kappa shape index (κ3) is 1.54. The van der Waals surface area contributed by atoms with Crippen LogP contribution < -0.4 is 4.74 Å². The average Bonchev–Trinajstić information content (AvgIpc) is 2.59. The van der Waals surface area contributed by atoms with Crippen LogP contribution in [0, 0.1) is 0 Å². The van der Waals surface area contributed by atoms with Crippen LogP contribution >= 0.6 is 11.8 Å². The molecule has 0 bridgehead atoms. The van der Waals surface area contributed by atoms with Gasteiger partial charge in [-0.05, 0) is 18.6 Å². The van der Waals surface area contributed by atoms with Crippen LogP contribution in [-0.4, -0.2) is 22.4 Å². The van der Waals surface area contributed by atoms with Crippen LogP contribution in [0.15, 0.2) is 24.3 Å². The number of hydrogen-bond donors (Lipinski definition) is 0. The molecule has 0 amide bonds. The van der Waals surface area contributed by atoms with E-state index >= 15 is 0 Å². The maximum absolute atomic E-state index is 12.1. The molecular formula is C13H14O2S. The van der Waals surface area contributed by atoms with Gasteiger partial charge in [-0.2, -0.15) is 11.8 Å². The average molecular weight is 234 g/mol. The molecule has 0 aromatic heterocycles. The molecule has 2 aliphatic heterocycles. The van der Waals surface area contributed by atoms with Crippen LogP contribution in [0.4, 0.5) is 0 Å². The van der Waals surface area contributed by atoms with Gasteiger partial charge in [0.05, 0.1) is 12.0 Å². The van der Waals surface area contributed by atoms with E-state index in [4.69, 9.17) is 4.74 Å². The summed E-state index contributed by atoms with van der Waals surface area (Å²) in [6.45, 7) is 2.20. The highest BCUT2D eigenvalue weighted by Gasteiger charge is 2.45. The zero-order valence-electron chi connectivity index (χ0n) is 9.23. The third-order valence-corrected chi connectivity index (χ3v) is 4.72. The van der Waals surface area contributed by atoms with E-state index in [2.05, 4.69) is 6.92 Å². The standard InChI is InChI=1S/C13H14O2S/c1-9-6-13(8-16-9)7-11(14)10-4-2-3-5-12(10)15-13/h2-5,9H,6-8H2,1H3. The summed E-state index contributed by atoms with van der Waals surface area (Å²) in [4.78, 5) is 12.1. The third-order valence-electron chi connectivity index (χ3n) is 3.29. The van der Waals surface area contributed by atoms with Gasteiger partial charge in [-0.15, -0.1) is 0 Å². The zero-order chi connectivity index (χ0) is 11.2. The first-order chi connectivity index (χ1) is 7.69. The molecule has 0 aliphatic carbocycles. The fraction of sp³-hybridized carbons (Fsp3) is 0.462. The van der Waals surface area contributed by atoms with Gasteiger partial charge < -0.3 is 4.74 Å². The predicted octanol–water partition coefficient (Wildman–Crippen LogP) is 2.92. The molecule has 1 saturated heterocycles. The number of ketones is 1. The van der Waals surface area contributed by atoms with Crippen molar-refractivity contribution < 1.29 is 9.53 Å². The van der Waals surface area contributed by atoms with Gasteiger partial charge in [-0.25, -0.2) is 0 Å². The number of fused-ring (bicyclic) bond motifs is 1. The number of carbonyl (C=O) groups excluding carboxylic acids is 1. The molecule has 0 radical (unpaired) electrons. The van der Waals surface area contributed by atoms with E-state index in [0.29, 0.717) is 11.7 Å². The lowest BCUT2D eigenvalue weighted by atomic mass is 9.88. The predicted molar refractivity (Wildman–Crippen MR) is 65.3 cm³/mol. The van der Waals surface area contributed by atoms with Crippen molar-refractivity contribution >= 4 is 17.5 Å². The normalized spacial score (nSPS) is 32.6. The summed E-state index contributed by atoms with van der Waals surface area (Å²) in [7, 11) is 0. The molecule has 3 heteroatoms. The largest absolute Gasteiger partial charge is 0.485 e. The maximum atomic E-state index is 12.1. The van der Waals surface area contributed by atoms with Crippen LogP contribution in [0.2, 0.25) is 0 Å². The minimum Gasteiger partial charge on any atom is -0.485 e. The second-order valence-corrected chi connectivity index (χ2v) is 6.13. The fourth-order valence-electron chi connectivity index (χ4n) is 2.57. The Morgan fingerprint density at radius 2 is 2.25 bits per heavy atom. The molecule has 1 fully saturated rings. The first-order valence-corrected chi connectivity index (χ1v) is 6.66. The molecule has 2 atom stereocenters. The summed E-state index contributed by atoms with van der Waals surface area (Å²) in [5, 5.41) is 0.595. The number of Topliss-reactive ketones (excluding diaryl/α,β-unsaturated/α-hetero) is 1. The summed E-state index contributed by atoms with van der Waals surface area (Å²) < 4.78 is 6.08. The first kappa shape index (κ1) is 10.2. The second-order valence-electron chi connectivity index (χ2n) is 4.71. The summed E-state index contributed by atoms with van der Waals surface area (Å²) in [6, 6.07) is 7.58. The zero-order valence-corrected chi connectivity index (χ0v) is 10.0. The number of ether oxygens (including phenoxy) is 1. The highest BCUT2D eigenvalue weighted by Crippen LogP contribution is 2.44. The van der Waals surface area contributed by atoms with Gasteiger partial charge in [0.25, 0.3) is 0 Å². The maximum Gasteiger partial charge on any atom is 0.170 e. The second kappa shape index (κ2) is 3.52. The highest BCUT2D eigenvalue weighted by atomic mass is 32.2. The Balaban J connectivity index is 1.98. The Hall–Kier alpha value is -0.960. The van der Waals surface area contributed by atoms with Gasteiger partial charge in [0.1, 0.15) is 11.4 Å². The van der Waals surface area contributed by atoms with Gasteiger partial charge in [-0.1, -0.05) is 19.1 Å². The van der Waals surface area contributed by atoms with Gasteiger partial charge >= 0.3 is 0 Å². The van der Waals surface area contributed by atoms with Crippen molar-refractivity contribution in [1.29, 1.82) is 0 Å². The summed E-state index contributed by atoms with van der Waals surface area (Å²) in [5.74, 6) is 1.94. The smallest absolute Gasteiger partial charge is 0.170 e. The van der Waals surface area contributed by atoms with Gasteiger partial charge in [0.2, 0.25) is 0 Å². The van der Waals surface area contributed by atoms with E-state index in [1.807, 2.05) is 36.0 Å². The van der Waals surface area contributed by atoms with Gasteiger partial charge in [0.15, 0.2) is 5.78 Å². The van der Waals surface area contributed by atoms with E-state index in [9.17, 15) is 4.79 Å². The quantitative estimate of drug-likeness (QED) is 0.690. The van der Waals surface area contributed by atoms with Crippen LogP contribution in [0.1, 0.15) is 30.1 Å². The SMILES string of the molecule is CC1CC2(CS1)CC(=O)c1ccccc1O2. The Kier molecular flexibility index (Phi) is 2.25. The molecule has 16 heavy (non-hydrogen) atoms. The summed E-state index contributed by atoms with van der Waals surface area (Å²) in [6.07, 6.45) is 1.53. The molecular weight excluding hydrogens is 220 g/mol. The van der Waals surface area contributed by atoms with Gasteiger partial charge in [0, 0.05) is 11.0 Å². The molecule has 2 aliphatic rings. The minimum atomic E-state index is -0.227. The summed E-state index contributed by atoms with van der Waals surface area (Å²) in [5.41, 5.74) is 0.521. The lowest BCUT2D eigenvalue weighted by Gasteiger charge is -2.34. The summed E-state index contributed by atoms with van der Waals surface area (Å²) >= 11 is 1.90. The van der Waals surface area contributed by atoms with Crippen molar-refractivity contribution in [2.24, 2.45) is 0 Å². The number of carbonyl (C=O) groups is 1. The highest BCUT2D eigenvalue weighted by molar-refractivity contribution is 8.00. The van der Waals surface area contributed by atoms with E-state index in [1.54, 1.807) is 0 Å². The van der Waals surface area contributed by atoms with Crippen LogP contribution in [0.5, 0.6) is 5.75 Å². The number of thioether (sulfide) groups is 1. The number of rotatable bonds is 0. The van der Waals surface area contributed by atoms with Crippen LogP contribution in [0.25, 0.3) is 0 Å². The lowest BCUT2D eigenvalue weighted by molar-refractivity contribution is 0.0542. The topological polar surface area (TPSA) is 26.3 Å². The number of para-hydroxylation sites is 1. The Morgan fingerprint density at radius 3 is 3.00 bits per heavy atom. The monoisotopic (exact) mass is 234 g/mol. The Labute approximate surface area is 99.4 Å². The van der Waals surface area contributed by atoms with Crippen molar-refractivity contribution in [2.75, 3.05) is 5.75 Å². The Morgan fingerprint density at radius 1 is 1.44 bits per heavy atom. The molecule has 1 aromatic rings. The molecule has 3 rings (SSSR count). The molecule has 2 nitrogen and oxygen atoms in total. The molecule has 1 aromatic carbocycles. The van der Waals surface area contributed by atoms with Crippen molar-refractivity contribution in [3.63, 3.8) is 0 Å². The van der Waals surface area contributed by atoms with Crippen LogP contribution in [-0.2, 0) is 0 Å². The van der Waals surface area contributed by atoms with Crippen molar-refractivity contribution in [3.05, 3.63) is 29.8 Å². The molecule has 2 heterocycles. The van der Waals surface area contributed by atoms with E-state index in [1.165, 1.54) is 0 Å². The fourth-order valence-corrected chi connectivity index (χ4v) is 3.86. The Bertz CT molecular complexity index is 443. The molecule has 84 valence electrons. The molecule has 0 saturated carbocycles. The lowest BCUT2D eigenvalue weighted by Crippen LogP contribution is -2.42. The van der Waals surface area contributed by atoms with E-state index in [-0.39, 0.29) is 11.4 Å². The van der Waals surface area contributed by atoms with Crippen molar-refractivity contribution in [3.8, 4) is 5.75 Å². The minimum absolute atomic E-state index is 0.227. The first-order valence-electron chi connectivity index (χ1n) is 5.61.